The third-order valence-electron chi connectivity index (χ3n) is 10.3. The first-order chi connectivity index (χ1) is 27.5. The second kappa shape index (κ2) is 21.3. The van der Waals surface area contributed by atoms with Crippen molar-refractivity contribution in [2.45, 2.75) is 161 Å². The van der Waals surface area contributed by atoms with Crippen LogP contribution < -0.4 is 16.4 Å². The van der Waals surface area contributed by atoms with Gasteiger partial charge in [0.05, 0.1) is 35.3 Å². The highest BCUT2D eigenvalue weighted by Gasteiger charge is 2.46. The molecular formula is C43H62N4O12. The normalized spacial score (nSPS) is 18.9. The second-order valence-corrected chi connectivity index (χ2v) is 17.6. The summed E-state index contributed by atoms with van der Waals surface area (Å²) in [5.41, 5.74) is 3.57. The molecule has 5 N–H and O–H groups in total. The van der Waals surface area contributed by atoms with Crippen LogP contribution >= 0.6 is 0 Å². The molecule has 59 heavy (non-hydrogen) atoms. The van der Waals surface area contributed by atoms with Gasteiger partial charge in [0.25, 0.3) is 5.91 Å². The smallest absolute Gasteiger partial charge is 0.336 e. The number of nitrogens with zero attached hydrogens (tertiary/aromatic N) is 1. The molecule has 2 fully saturated rings. The molecule has 4 amide bonds. The number of carbonyl (C=O) groups excluding carboxylic acids is 8. The van der Waals surface area contributed by atoms with Crippen LogP contribution in [-0.4, -0.2) is 105 Å². The maximum atomic E-state index is 14.7. The quantitative estimate of drug-likeness (QED) is 0.108. The Hall–Kier alpha value is -4.99. The van der Waals surface area contributed by atoms with Crippen LogP contribution in [0.1, 0.15) is 146 Å². The van der Waals surface area contributed by atoms with Gasteiger partial charge in [0.15, 0.2) is 11.6 Å². The standard InChI is InChI=1S/C43H62N4O12/c1-8-14-26(37(52)32(48)19-20-34(50)45-30(38(44)53)23-35(51)59-43(5,6)7)21-33(49)31-22-27(58-42(2,3)4)24-47(31)40(55)36(25-15-10-9-11-16-25)46-39(54)28-17-12-13-18-29(28)41(56)57/h12-13,17-18,25-27,30-31,36H,8-11,14-16,19-24H2,1-7H3,(H2,44,53)(H,45,50)(H,46,54)(H,56,57)/t26?,27-,30-,31+,36+/m1/s1. The van der Waals surface area contributed by atoms with Crippen molar-refractivity contribution in [1.29, 1.82) is 0 Å². The van der Waals surface area contributed by atoms with Gasteiger partial charge < -0.3 is 35.8 Å². The van der Waals surface area contributed by atoms with Gasteiger partial charge >= 0.3 is 11.9 Å². The Morgan fingerprint density at radius 1 is 0.864 bits per heavy atom. The molecule has 5 atom stereocenters. The molecule has 1 aromatic rings. The number of ether oxygens (including phenoxy) is 2. The Morgan fingerprint density at radius 2 is 1.49 bits per heavy atom. The molecule has 0 radical (unpaired) electrons. The predicted molar refractivity (Wildman–Crippen MR) is 215 cm³/mol. The number of Topliss-reactive ketones (excluding diaryl/α,β-unsaturated/α-hetero) is 3. The molecule has 16 nitrogen and oxygen atoms in total. The summed E-state index contributed by atoms with van der Waals surface area (Å²) < 4.78 is 11.4. The number of likely N-dealkylation sites (tertiary alicyclic amines) is 1. The first-order valence-electron chi connectivity index (χ1n) is 20.5. The van der Waals surface area contributed by atoms with E-state index in [0.717, 1.165) is 19.3 Å². The molecule has 326 valence electrons. The number of nitrogens with one attached hydrogen (secondary N) is 2. The van der Waals surface area contributed by atoms with Crippen molar-refractivity contribution in [2.75, 3.05) is 6.54 Å². The molecule has 1 aliphatic carbocycles. The van der Waals surface area contributed by atoms with Gasteiger partial charge in [0.1, 0.15) is 17.7 Å². The number of carboxylic acid groups (broad SMARTS) is 1. The van der Waals surface area contributed by atoms with Crippen LogP contribution in [0.3, 0.4) is 0 Å². The SMILES string of the molecule is CCCC(CC(=O)[C@@H]1C[C@@H](OC(C)(C)C)CN1C(=O)[C@@H](NC(=O)c1ccccc1C(=O)O)C1CCCCC1)C(=O)C(=O)CCC(=O)N[C@H](CC(=O)OC(C)(C)C)C(N)=O. The summed E-state index contributed by atoms with van der Waals surface area (Å²) in [5.74, 6) is -8.64. The zero-order valence-corrected chi connectivity index (χ0v) is 35.4. The number of carbonyl (C=O) groups is 9. The number of benzene rings is 1. The Kier molecular flexibility index (Phi) is 17.5. The molecule has 3 rings (SSSR count). The molecular weight excluding hydrogens is 764 g/mol. The number of hydrogen-bond donors (Lipinski definition) is 4. The largest absolute Gasteiger partial charge is 0.478 e. The lowest BCUT2D eigenvalue weighted by Crippen LogP contribution is -2.55. The summed E-state index contributed by atoms with van der Waals surface area (Å²) in [5, 5.41) is 14.9. The molecule has 0 aromatic heterocycles. The van der Waals surface area contributed by atoms with Crippen LogP contribution in [0, 0.1) is 11.8 Å². The number of amides is 4. The van der Waals surface area contributed by atoms with E-state index in [2.05, 4.69) is 10.6 Å². The molecule has 1 saturated heterocycles. The Balaban J connectivity index is 1.80. The summed E-state index contributed by atoms with van der Waals surface area (Å²) in [6.07, 6.45) is 2.11. The molecule has 2 aliphatic rings. The number of hydrogen-bond acceptors (Lipinski definition) is 11. The number of primary amides is 1. The highest BCUT2D eigenvalue weighted by atomic mass is 16.6. The lowest BCUT2D eigenvalue weighted by molar-refractivity contribution is -0.156. The van der Waals surface area contributed by atoms with Gasteiger partial charge in [-0.15, -0.1) is 0 Å². The Morgan fingerprint density at radius 3 is 2.05 bits per heavy atom. The van der Waals surface area contributed by atoms with Gasteiger partial charge in [-0.05, 0) is 78.9 Å². The van der Waals surface area contributed by atoms with E-state index in [9.17, 15) is 48.3 Å². The van der Waals surface area contributed by atoms with E-state index in [0.29, 0.717) is 19.3 Å². The monoisotopic (exact) mass is 826 g/mol. The molecule has 1 saturated carbocycles. The van der Waals surface area contributed by atoms with Crippen molar-refractivity contribution in [1.82, 2.24) is 15.5 Å². The van der Waals surface area contributed by atoms with Crippen LogP contribution in [0.4, 0.5) is 0 Å². The van der Waals surface area contributed by atoms with E-state index in [4.69, 9.17) is 15.2 Å². The zero-order chi connectivity index (χ0) is 44.2. The number of carboxylic acids is 1. The van der Waals surface area contributed by atoms with Crippen LogP contribution in [0.2, 0.25) is 0 Å². The van der Waals surface area contributed by atoms with E-state index in [-0.39, 0.29) is 42.9 Å². The first kappa shape index (κ1) is 48.4. The minimum absolute atomic E-state index is 0.0258. The van der Waals surface area contributed by atoms with Crippen molar-refractivity contribution in [3.05, 3.63) is 35.4 Å². The maximum absolute atomic E-state index is 14.7. The van der Waals surface area contributed by atoms with E-state index < -0.39 is 114 Å². The van der Waals surface area contributed by atoms with E-state index in [1.54, 1.807) is 27.7 Å². The number of esters is 1. The summed E-state index contributed by atoms with van der Waals surface area (Å²) in [4.78, 5) is 120. The van der Waals surface area contributed by atoms with Crippen molar-refractivity contribution in [3.63, 3.8) is 0 Å². The number of ketones is 3. The van der Waals surface area contributed by atoms with Crippen molar-refractivity contribution < 1.29 is 57.7 Å². The fourth-order valence-electron chi connectivity index (χ4n) is 7.72. The minimum Gasteiger partial charge on any atom is -0.478 e. The maximum Gasteiger partial charge on any atom is 0.336 e. The van der Waals surface area contributed by atoms with Crippen LogP contribution in [-0.2, 0) is 43.0 Å². The second-order valence-electron chi connectivity index (χ2n) is 17.6. The molecule has 1 aliphatic heterocycles. The summed E-state index contributed by atoms with van der Waals surface area (Å²) in [6.45, 7) is 12.2. The van der Waals surface area contributed by atoms with Gasteiger partial charge in [0.2, 0.25) is 23.5 Å². The highest BCUT2D eigenvalue weighted by Crippen LogP contribution is 2.32. The third-order valence-corrected chi connectivity index (χ3v) is 10.3. The van der Waals surface area contributed by atoms with E-state index >= 15 is 0 Å². The van der Waals surface area contributed by atoms with Gasteiger partial charge in [-0.25, -0.2) is 4.79 Å². The fraction of sp³-hybridized carbons (Fsp3) is 0.651. The first-order valence-corrected chi connectivity index (χ1v) is 20.5. The van der Waals surface area contributed by atoms with Crippen LogP contribution in [0.25, 0.3) is 0 Å². The fourth-order valence-corrected chi connectivity index (χ4v) is 7.72. The number of aromatic carboxylic acids is 1. The van der Waals surface area contributed by atoms with Gasteiger partial charge in [-0.1, -0.05) is 44.7 Å². The van der Waals surface area contributed by atoms with Crippen LogP contribution in [0.15, 0.2) is 24.3 Å². The Bertz CT molecular complexity index is 1740. The number of rotatable bonds is 20. The third kappa shape index (κ3) is 15.0. The highest BCUT2D eigenvalue weighted by molar-refractivity contribution is 6.38. The molecule has 16 heteroatoms. The van der Waals surface area contributed by atoms with E-state index in [1.807, 2.05) is 20.8 Å². The number of nitrogens with two attached hydrogens (primary N) is 1. The minimum atomic E-state index is -1.40. The van der Waals surface area contributed by atoms with Crippen molar-refractivity contribution in [2.24, 2.45) is 17.6 Å². The zero-order valence-electron chi connectivity index (χ0n) is 35.4. The lowest BCUT2D eigenvalue weighted by atomic mass is 9.82. The van der Waals surface area contributed by atoms with Gasteiger partial charge in [-0.3, -0.25) is 38.4 Å². The summed E-state index contributed by atoms with van der Waals surface area (Å²) >= 11 is 0. The summed E-state index contributed by atoms with van der Waals surface area (Å²) in [6, 6.07) is 2.19. The van der Waals surface area contributed by atoms with Crippen LogP contribution in [0.5, 0.6) is 0 Å². The average molecular weight is 827 g/mol. The molecule has 0 spiro atoms. The van der Waals surface area contributed by atoms with E-state index in [1.165, 1.54) is 29.2 Å². The average Bonchev–Trinajstić information content (AvgIpc) is 3.56. The van der Waals surface area contributed by atoms with Gasteiger partial charge in [-0.2, -0.15) is 0 Å². The molecule has 1 heterocycles. The van der Waals surface area contributed by atoms with Crippen molar-refractivity contribution >= 4 is 52.9 Å². The lowest BCUT2D eigenvalue weighted by Gasteiger charge is -2.35. The summed E-state index contributed by atoms with van der Waals surface area (Å²) in [7, 11) is 0. The van der Waals surface area contributed by atoms with Gasteiger partial charge in [0, 0.05) is 38.1 Å². The molecule has 1 unspecified atom stereocenters. The molecule has 1 aromatic carbocycles. The molecule has 0 bridgehead atoms. The predicted octanol–water partition coefficient (Wildman–Crippen LogP) is 3.84. The van der Waals surface area contributed by atoms with Crippen molar-refractivity contribution in [3.8, 4) is 0 Å². The Labute approximate surface area is 346 Å². The topological polar surface area (TPSA) is 246 Å².